The molecular weight excluding hydrogens is 342 g/mol. The van der Waals surface area contributed by atoms with Crippen molar-refractivity contribution in [1.82, 2.24) is 0 Å². The molecule has 1 rings (SSSR count). The van der Waals surface area contributed by atoms with Gasteiger partial charge in [-0.2, -0.15) is 0 Å². The van der Waals surface area contributed by atoms with Crippen molar-refractivity contribution in [2.75, 3.05) is 5.33 Å². The quantitative estimate of drug-likeness (QED) is 0.521. The van der Waals surface area contributed by atoms with E-state index in [0.29, 0.717) is 10.9 Å². The second kappa shape index (κ2) is 5.58. The van der Waals surface area contributed by atoms with Gasteiger partial charge in [-0.05, 0) is 46.3 Å². The molecule has 0 saturated carbocycles. The minimum absolute atomic E-state index is 0.123. The van der Waals surface area contributed by atoms with Gasteiger partial charge in [0.2, 0.25) is 0 Å². The van der Waals surface area contributed by atoms with Crippen LogP contribution in [-0.4, -0.2) is 5.33 Å². The molecule has 90 valence electrons. The standard InChI is InChI=1S/C12H14Br2F2/c1-3-12(2,7-13)6-8-10(15)5-4-9(14)11(8)16/h4-5H,3,6-7H2,1-2H3. The highest BCUT2D eigenvalue weighted by molar-refractivity contribution is 9.10. The summed E-state index contributed by atoms with van der Waals surface area (Å²) in [7, 11) is 0. The predicted octanol–water partition coefficient (Wildman–Crippen LogP) is 5.08. The Kier molecular flexibility index (Phi) is 4.92. The maximum atomic E-state index is 13.8. The average molecular weight is 356 g/mol. The second-order valence-corrected chi connectivity index (χ2v) is 5.71. The van der Waals surface area contributed by atoms with E-state index in [4.69, 9.17) is 0 Å². The molecule has 0 nitrogen and oxygen atoms in total. The van der Waals surface area contributed by atoms with Gasteiger partial charge in [0, 0.05) is 10.9 Å². The summed E-state index contributed by atoms with van der Waals surface area (Å²) in [5, 5.41) is 0.724. The van der Waals surface area contributed by atoms with Crippen molar-refractivity contribution >= 4 is 31.9 Å². The summed E-state index contributed by atoms with van der Waals surface area (Å²) in [4.78, 5) is 0. The number of hydrogen-bond donors (Lipinski definition) is 0. The van der Waals surface area contributed by atoms with Crippen LogP contribution in [-0.2, 0) is 6.42 Å². The third kappa shape index (κ3) is 3.04. The molecule has 0 aromatic heterocycles. The summed E-state index contributed by atoms with van der Waals surface area (Å²) in [6.45, 7) is 4.04. The van der Waals surface area contributed by atoms with E-state index in [2.05, 4.69) is 31.9 Å². The lowest BCUT2D eigenvalue weighted by Crippen LogP contribution is -2.22. The fourth-order valence-corrected chi connectivity index (χ4v) is 2.39. The van der Waals surface area contributed by atoms with Crippen LogP contribution in [0.2, 0.25) is 0 Å². The zero-order chi connectivity index (χ0) is 12.3. The van der Waals surface area contributed by atoms with Crippen LogP contribution in [0.5, 0.6) is 0 Å². The monoisotopic (exact) mass is 354 g/mol. The van der Waals surface area contributed by atoms with Gasteiger partial charge in [-0.15, -0.1) is 0 Å². The molecule has 0 radical (unpaired) electrons. The van der Waals surface area contributed by atoms with Crippen LogP contribution in [0.25, 0.3) is 0 Å². The van der Waals surface area contributed by atoms with Crippen molar-refractivity contribution in [1.29, 1.82) is 0 Å². The maximum absolute atomic E-state index is 13.8. The van der Waals surface area contributed by atoms with E-state index in [1.807, 2.05) is 13.8 Å². The predicted molar refractivity (Wildman–Crippen MR) is 70.0 cm³/mol. The Morgan fingerprint density at radius 2 is 1.94 bits per heavy atom. The zero-order valence-corrected chi connectivity index (χ0v) is 12.5. The smallest absolute Gasteiger partial charge is 0.143 e. The van der Waals surface area contributed by atoms with E-state index in [0.717, 1.165) is 11.8 Å². The van der Waals surface area contributed by atoms with Gasteiger partial charge in [0.15, 0.2) is 0 Å². The summed E-state index contributed by atoms with van der Waals surface area (Å²) < 4.78 is 27.6. The molecule has 0 aliphatic rings. The van der Waals surface area contributed by atoms with Gasteiger partial charge in [-0.3, -0.25) is 0 Å². The number of benzene rings is 1. The minimum atomic E-state index is -0.486. The molecule has 1 unspecified atom stereocenters. The van der Waals surface area contributed by atoms with E-state index in [1.165, 1.54) is 12.1 Å². The van der Waals surface area contributed by atoms with Crippen molar-refractivity contribution < 1.29 is 8.78 Å². The zero-order valence-electron chi connectivity index (χ0n) is 9.29. The fourth-order valence-electron chi connectivity index (χ4n) is 1.42. The van der Waals surface area contributed by atoms with E-state index < -0.39 is 11.6 Å². The van der Waals surface area contributed by atoms with Crippen LogP contribution in [0.1, 0.15) is 25.8 Å². The molecule has 0 N–H and O–H groups in total. The van der Waals surface area contributed by atoms with Crippen molar-refractivity contribution in [3.63, 3.8) is 0 Å². The van der Waals surface area contributed by atoms with Gasteiger partial charge in [0.25, 0.3) is 0 Å². The normalized spacial score (nSPS) is 14.9. The molecule has 1 atom stereocenters. The highest BCUT2D eigenvalue weighted by atomic mass is 79.9. The molecular formula is C12H14Br2F2. The van der Waals surface area contributed by atoms with Crippen molar-refractivity contribution in [3.8, 4) is 0 Å². The van der Waals surface area contributed by atoms with E-state index >= 15 is 0 Å². The number of hydrogen-bond acceptors (Lipinski definition) is 0. The molecule has 1 aromatic rings. The van der Waals surface area contributed by atoms with Gasteiger partial charge < -0.3 is 0 Å². The van der Waals surface area contributed by atoms with E-state index in [-0.39, 0.29) is 11.0 Å². The lowest BCUT2D eigenvalue weighted by molar-refractivity contribution is 0.347. The molecule has 16 heavy (non-hydrogen) atoms. The Bertz CT molecular complexity index is 374. The Hall–Kier alpha value is 0.0400. The average Bonchev–Trinajstić information content (AvgIpc) is 2.29. The lowest BCUT2D eigenvalue weighted by atomic mass is 9.83. The second-order valence-electron chi connectivity index (χ2n) is 4.30. The lowest BCUT2D eigenvalue weighted by Gasteiger charge is -2.26. The Morgan fingerprint density at radius 1 is 1.31 bits per heavy atom. The molecule has 0 amide bonds. The fraction of sp³-hybridized carbons (Fsp3) is 0.500. The number of alkyl halides is 1. The van der Waals surface area contributed by atoms with Gasteiger partial charge in [-0.1, -0.05) is 29.8 Å². The molecule has 0 aliphatic heterocycles. The van der Waals surface area contributed by atoms with Crippen LogP contribution in [0, 0.1) is 17.0 Å². The van der Waals surface area contributed by atoms with Crippen LogP contribution < -0.4 is 0 Å². The molecule has 0 saturated heterocycles. The first-order chi connectivity index (χ1) is 7.43. The van der Waals surface area contributed by atoms with Crippen LogP contribution >= 0.6 is 31.9 Å². The van der Waals surface area contributed by atoms with Crippen molar-refractivity contribution in [3.05, 3.63) is 33.8 Å². The van der Waals surface area contributed by atoms with Crippen LogP contribution in [0.4, 0.5) is 8.78 Å². The summed E-state index contributed by atoms with van der Waals surface area (Å²) >= 11 is 6.48. The number of halogens is 4. The first kappa shape index (κ1) is 14.1. The van der Waals surface area contributed by atoms with Crippen LogP contribution in [0.15, 0.2) is 16.6 Å². The number of rotatable bonds is 4. The highest BCUT2D eigenvalue weighted by Crippen LogP contribution is 2.32. The summed E-state index contributed by atoms with van der Waals surface area (Å²) in [6.07, 6.45) is 1.26. The molecule has 0 spiro atoms. The first-order valence-electron chi connectivity index (χ1n) is 5.12. The largest absolute Gasteiger partial charge is 0.207 e. The third-order valence-electron chi connectivity index (χ3n) is 2.92. The Morgan fingerprint density at radius 3 is 2.44 bits per heavy atom. The van der Waals surface area contributed by atoms with Crippen molar-refractivity contribution in [2.24, 2.45) is 5.41 Å². The van der Waals surface area contributed by atoms with Crippen molar-refractivity contribution in [2.45, 2.75) is 26.7 Å². The molecule has 0 heterocycles. The Balaban J connectivity index is 3.10. The molecule has 0 aliphatic carbocycles. The SMILES string of the molecule is CCC(C)(CBr)Cc1c(F)ccc(Br)c1F. The summed E-state index contributed by atoms with van der Waals surface area (Å²) in [6, 6.07) is 2.69. The van der Waals surface area contributed by atoms with Gasteiger partial charge in [-0.25, -0.2) is 8.78 Å². The topological polar surface area (TPSA) is 0 Å². The molecule has 0 bridgehead atoms. The van der Waals surface area contributed by atoms with Crippen LogP contribution in [0.3, 0.4) is 0 Å². The summed E-state index contributed by atoms with van der Waals surface area (Å²) in [5.74, 6) is -0.957. The first-order valence-corrected chi connectivity index (χ1v) is 7.03. The maximum Gasteiger partial charge on any atom is 0.143 e. The van der Waals surface area contributed by atoms with E-state index in [9.17, 15) is 8.78 Å². The highest BCUT2D eigenvalue weighted by Gasteiger charge is 2.25. The minimum Gasteiger partial charge on any atom is -0.207 e. The third-order valence-corrected chi connectivity index (χ3v) is 4.88. The molecule has 1 aromatic carbocycles. The Labute approximate surface area is 112 Å². The molecule has 0 fully saturated rings. The molecule has 4 heteroatoms. The van der Waals surface area contributed by atoms with E-state index in [1.54, 1.807) is 0 Å². The van der Waals surface area contributed by atoms with Gasteiger partial charge >= 0.3 is 0 Å². The summed E-state index contributed by atoms with van der Waals surface area (Å²) in [5.41, 5.74) is 0.0424. The van der Waals surface area contributed by atoms with Gasteiger partial charge in [0.1, 0.15) is 11.6 Å². The van der Waals surface area contributed by atoms with Gasteiger partial charge in [0.05, 0.1) is 4.47 Å².